The van der Waals surface area contributed by atoms with Gasteiger partial charge in [0.2, 0.25) is 0 Å². The molecule has 1 N–H and O–H groups in total. The number of thiazole rings is 1. The highest BCUT2D eigenvalue weighted by molar-refractivity contribution is 7.09. The van der Waals surface area contributed by atoms with E-state index < -0.39 is 0 Å². The molecular formula is C15H18N2OS. The average molecular weight is 274 g/mol. The second kappa shape index (κ2) is 5.72. The molecule has 2 heterocycles. The van der Waals surface area contributed by atoms with Gasteiger partial charge in [-0.15, -0.1) is 11.3 Å². The summed E-state index contributed by atoms with van der Waals surface area (Å²) in [6.07, 6.45) is 2.84. The van der Waals surface area contributed by atoms with Gasteiger partial charge in [0, 0.05) is 35.5 Å². The molecule has 0 fully saturated rings. The van der Waals surface area contributed by atoms with Crippen molar-refractivity contribution < 1.29 is 4.74 Å². The molecule has 1 aromatic carbocycles. The Morgan fingerprint density at radius 1 is 1.47 bits per heavy atom. The van der Waals surface area contributed by atoms with Gasteiger partial charge in [-0.3, -0.25) is 0 Å². The Hall–Kier alpha value is -1.39. The van der Waals surface area contributed by atoms with Gasteiger partial charge in [-0.1, -0.05) is 25.1 Å². The van der Waals surface area contributed by atoms with Crippen molar-refractivity contribution in [3.8, 4) is 5.75 Å². The molecule has 1 aliphatic rings. The standard InChI is InChI=1S/C15H18N2OS/c1-2-16-13(9-15-17-7-8-19-15)12-10-18-14-6-4-3-5-11(12)14/h3-8,12-13,16H,2,9-10H2,1H3. The zero-order chi connectivity index (χ0) is 13.1. The highest BCUT2D eigenvalue weighted by Gasteiger charge is 2.31. The van der Waals surface area contributed by atoms with Gasteiger partial charge in [-0.2, -0.15) is 0 Å². The van der Waals surface area contributed by atoms with Crippen molar-refractivity contribution in [3.63, 3.8) is 0 Å². The molecular weight excluding hydrogens is 256 g/mol. The number of nitrogens with zero attached hydrogens (tertiary/aromatic N) is 1. The summed E-state index contributed by atoms with van der Waals surface area (Å²) in [4.78, 5) is 4.40. The van der Waals surface area contributed by atoms with Crippen LogP contribution in [0.25, 0.3) is 0 Å². The van der Waals surface area contributed by atoms with E-state index in [9.17, 15) is 0 Å². The number of hydrogen-bond acceptors (Lipinski definition) is 4. The van der Waals surface area contributed by atoms with Crippen molar-refractivity contribution >= 4 is 11.3 Å². The van der Waals surface area contributed by atoms with Gasteiger partial charge in [-0.25, -0.2) is 4.98 Å². The first kappa shape index (κ1) is 12.6. The van der Waals surface area contributed by atoms with Crippen LogP contribution in [0.4, 0.5) is 0 Å². The Labute approximate surface area is 117 Å². The van der Waals surface area contributed by atoms with Crippen LogP contribution in [0.2, 0.25) is 0 Å². The molecule has 1 aromatic heterocycles. The minimum atomic E-state index is 0.389. The Kier molecular flexibility index (Phi) is 3.80. The molecule has 0 aliphatic carbocycles. The fourth-order valence-electron chi connectivity index (χ4n) is 2.68. The van der Waals surface area contributed by atoms with Crippen LogP contribution in [-0.4, -0.2) is 24.2 Å². The first-order valence-electron chi connectivity index (χ1n) is 6.72. The minimum absolute atomic E-state index is 0.389. The van der Waals surface area contributed by atoms with Crippen LogP contribution in [0.1, 0.15) is 23.4 Å². The van der Waals surface area contributed by atoms with E-state index in [2.05, 4.69) is 35.4 Å². The van der Waals surface area contributed by atoms with Crippen LogP contribution in [0.5, 0.6) is 5.75 Å². The molecule has 100 valence electrons. The van der Waals surface area contributed by atoms with Crippen LogP contribution >= 0.6 is 11.3 Å². The number of fused-ring (bicyclic) bond motifs is 1. The zero-order valence-corrected chi connectivity index (χ0v) is 11.8. The first-order valence-corrected chi connectivity index (χ1v) is 7.60. The SMILES string of the molecule is CCNC(Cc1nccs1)C1COc2ccccc21. The molecule has 2 unspecified atom stereocenters. The van der Waals surface area contributed by atoms with E-state index in [0.29, 0.717) is 12.0 Å². The Bertz CT molecular complexity index is 527. The second-order valence-corrected chi connectivity index (χ2v) is 5.73. The average Bonchev–Trinajstić information content (AvgIpc) is 3.07. The van der Waals surface area contributed by atoms with Gasteiger partial charge >= 0.3 is 0 Å². The summed E-state index contributed by atoms with van der Waals surface area (Å²) in [5, 5.41) is 6.82. The molecule has 0 bridgehead atoms. The van der Waals surface area contributed by atoms with Crippen molar-refractivity contribution in [1.82, 2.24) is 10.3 Å². The molecule has 19 heavy (non-hydrogen) atoms. The fourth-order valence-corrected chi connectivity index (χ4v) is 3.36. The molecule has 1 aliphatic heterocycles. The zero-order valence-electron chi connectivity index (χ0n) is 11.0. The lowest BCUT2D eigenvalue weighted by atomic mass is 9.91. The number of rotatable bonds is 5. The number of likely N-dealkylation sites (N-methyl/N-ethyl adjacent to an activating group) is 1. The lowest BCUT2D eigenvalue weighted by Gasteiger charge is -2.22. The summed E-state index contributed by atoms with van der Waals surface area (Å²) >= 11 is 1.73. The lowest BCUT2D eigenvalue weighted by molar-refractivity contribution is 0.298. The van der Waals surface area contributed by atoms with Crippen LogP contribution in [0.3, 0.4) is 0 Å². The van der Waals surface area contributed by atoms with Crippen molar-refractivity contribution in [1.29, 1.82) is 0 Å². The predicted octanol–water partition coefficient (Wildman–Crippen LogP) is 2.84. The van der Waals surface area contributed by atoms with Gasteiger partial charge in [0.25, 0.3) is 0 Å². The smallest absolute Gasteiger partial charge is 0.122 e. The van der Waals surface area contributed by atoms with Gasteiger partial charge < -0.3 is 10.1 Å². The molecule has 2 aromatic rings. The van der Waals surface area contributed by atoms with E-state index in [0.717, 1.165) is 25.3 Å². The maximum atomic E-state index is 5.80. The van der Waals surface area contributed by atoms with Crippen molar-refractivity contribution in [2.75, 3.05) is 13.2 Å². The second-order valence-electron chi connectivity index (χ2n) is 4.75. The van der Waals surface area contributed by atoms with E-state index in [4.69, 9.17) is 4.74 Å². The number of para-hydroxylation sites is 1. The molecule has 0 saturated heterocycles. The monoisotopic (exact) mass is 274 g/mol. The van der Waals surface area contributed by atoms with Crippen molar-refractivity contribution in [2.24, 2.45) is 0 Å². The third-order valence-corrected chi connectivity index (χ3v) is 4.37. The van der Waals surface area contributed by atoms with Crippen molar-refractivity contribution in [2.45, 2.75) is 25.3 Å². The molecule has 3 nitrogen and oxygen atoms in total. The minimum Gasteiger partial charge on any atom is -0.493 e. The summed E-state index contributed by atoms with van der Waals surface area (Å²) in [6, 6.07) is 8.75. The number of ether oxygens (including phenoxy) is 1. The van der Waals surface area contributed by atoms with E-state index in [1.807, 2.05) is 17.6 Å². The maximum Gasteiger partial charge on any atom is 0.122 e. The van der Waals surface area contributed by atoms with E-state index in [1.54, 1.807) is 11.3 Å². The van der Waals surface area contributed by atoms with Gasteiger partial charge in [0.15, 0.2) is 0 Å². The largest absolute Gasteiger partial charge is 0.493 e. The molecule has 0 saturated carbocycles. The normalized spacial score (nSPS) is 18.9. The third-order valence-electron chi connectivity index (χ3n) is 3.57. The van der Waals surface area contributed by atoms with E-state index in [-0.39, 0.29) is 0 Å². The summed E-state index contributed by atoms with van der Waals surface area (Å²) in [5.41, 5.74) is 1.32. The summed E-state index contributed by atoms with van der Waals surface area (Å²) in [5.74, 6) is 1.45. The summed E-state index contributed by atoms with van der Waals surface area (Å²) in [6.45, 7) is 3.88. The molecule has 2 atom stereocenters. The van der Waals surface area contributed by atoms with Crippen LogP contribution in [0.15, 0.2) is 35.8 Å². The van der Waals surface area contributed by atoms with E-state index >= 15 is 0 Å². The fraction of sp³-hybridized carbons (Fsp3) is 0.400. The molecule has 0 amide bonds. The topological polar surface area (TPSA) is 34.2 Å². The molecule has 4 heteroatoms. The van der Waals surface area contributed by atoms with Gasteiger partial charge in [0.1, 0.15) is 5.75 Å². The maximum absolute atomic E-state index is 5.80. The predicted molar refractivity (Wildman–Crippen MR) is 78.0 cm³/mol. The number of hydrogen-bond donors (Lipinski definition) is 1. The van der Waals surface area contributed by atoms with E-state index in [1.165, 1.54) is 10.6 Å². The van der Waals surface area contributed by atoms with Crippen LogP contribution in [-0.2, 0) is 6.42 Å². The van der Waals surface area contributed by atoms with Crippen molar-refractivity contribution in [3.05, 3.63) is 46.4 Å². The number of aromatic nitrogens is 1. The highest BCUT2D eigenvalue weighted by atomic mass is 32.1. The Morgan fingerprint density at radius 2 is 2.37 bits per heavy atom. The molecule has 0 radical (unpaired) electrons. The molecule has 0 spiro atoms. The first-order chi connectivity index (χ1) is 9.38. The highest BCUT2D eigenvalue weighted by Crippen LogP contribution is 2.36. The summed E-state index contributed by atoms with van der Waals surface area (Å²) < 4.78 is 5.80. The van der Waals surface area contributed by atoms with Crippen LogP contribution in [0, 0.1) is 0 Å². The van der Waals surface area contributed by atoms with Crippen LogP contribution < -0.4 is 10.1 Å². The quantitative estimate of drug-likeness (QED) is 0.910. The lowest BCUT2D eigenvalue weighted by Crippen LogP contribution is -2.37. The number of nitrogens with one attached hydrogen (secondary N) is 1. The number of benzene rings is 1. The summed E-state index contributed by atoms with van der Waals surface area (Å²) in [7, 11) is 0. The third kappa shape index (κ3) is 2.65. The molecule has 3 rings (SSSR count). The Morgan fingerprint density at radius 3 is 3.16 bits per heavy atom. The Balaban J connectivity index is 1.81. The van der Waals surface area contributed by atoms with Gasteiger partial charge in [-0.05, 0) is 12.6 Å². The van der Waals surface area contributed by atoms with Gasteiger partial charge in [0.05, 0.1) is 11.6 Å².